The Balaban J connectivity index is 0.000000222. The van der Waals surface area contributed by atoms with E-state index in [0.29, 0.717) is 78.4 Å². The number of nitrogens with two attached hydrogens (primary N) is 1. The second-order valence-electron chi connectivity index (χ2n) is 20.6. The average Bonchev–Trinajstić information content (AvgIpc) is 4.01. The second kappa shape index (κ2) is 27.8. The molecule has 4 atom stereocenters. The molecule has 84 heavy (non-hydrogen) atoms. The summed E-state index contributed by atoms with van der Waals surface area (Å²) in [6.45, 7) is 12.1. The van der Waals surface area contributed by atoms with Gasteiger partial charge in [-0.25, -0.2) is 24.7 Å². The highest BCUT2D eigenvalue weighted by Crippen LogP contribution is 2.41. The third-order valence-electron chi connectivity index (χ3n) is 13.6. The zero-order valence-electron chi connectivity index (χ0n) is 46.0. The zero-order valence-corrected chi connectivity index (χ0v) is 50.0. The largest absolute Gasteiger partial charge is 0.474 e. The van der Waals surface area contributed by atoms with Crippen LogP contribution in [-0.2, 0) is 31.3 Å². The number of rotatable bonds is 9. The number of nitrogens with one attached hydrogen (secondary N) is 2. The Labute approximate surface area is 508 Å². The van der Waals surface area contributed by atoms with Crippen LogP contribution in [0, 0.1) is 0 Å². The summed E-state index contributed by atoms with van der Waals surface area (Å²) in [6, 6.07) is 12.8. The highest BCUT2D eigenvalue weighted by atomic mass is 32.1. The first-order chi connectivity index (χ1) is 38.1. The lowest BCUT2D eigenvalue weighted by Crippen LogP contribution is -2.56. The van der Waals surface area contributed by atoms with Crippen molar-refractivity contribution in [3.8, 4) is 34.5 Å². The number of nitrogen functional groups attached to an aromatic ring is 1. The highest BCUT2D eigenvalue weighted by molar-refractivity contribution is 7.59. The number of piperidine rings is 2. The number of hydrogen-bond acceptors (Lipinski definition) is 19. The van der Waals surface area contributed by atoms with E-state index in [1.807, 2.05) is 27.7 Å². The van der Waals surface area contributed by atoms with E-state index in [9.17, 15) is 31.1 Å². The summed E-state index contributed by atoms with van der Waals surface area (Å²) in [4.78, 5) is 37.2. The number of alkyl halides is 6. The monoisotopic (exact) mass is 1250 g/mol. The Morgan fingerprint density at radius 3 is 1.80 bits per heavy atom. The van der Waals surface area contributed by atoms with Gasteiger partial charge in [0, 0.05) is 55.5 Å². The lowest BCUT2D eigenvalue weighted by molar-refractivity contribution is -0.142. The number of halogens is 6. The van der Waals surface area contributed by atoms with Gasteiger partial charge in [-0.2, -0.15) is 90.5 Å². The molecule has 0 spiro atoms. The molecule has 10 heterocycles. The summed E-state index contributed by atoms with van der Waals surface area (Å²) < 4.78 is 112. The molecule has 0 radical (unpaired) electrons. The summed E-state index contributed by atoms with van der Waals surface area (Å²) in [5, 5.41) is 21.6. The first kappa shape index (κ1) is 66.8. The number of ether oxygens (including phenoxy) is 6. The van der Waals surface area contributed by atoms with Crippen LogP contribution in [0.4, 0.5) is 65.5 Å². The van der Waals surface area contributed by atoms with Crippen molar-refractivity contribution in [1.82, 2.24) is 40.3 Å². The number of aromatic nitrogens is 8. The summed E-state index contributed by atoms with van der Waals surface area (Å²) in [6.07, 6.45) is 0.706. The van der Waals surface area contributed by atoms with E-state index in [1.54, 1.807) is 35.5 Å². The molecule has 456 valence electrons. The number of amides is 2. The number of fused-ring (bicyclic) bond motifs is 8. The van der Waals surface area contributed by atoms with Gasteiger partial charge in [0.2, 0.25) is 11.8 Å². The van der Waals surface area contributed by atoms with Gasteiger partial charge < -0.3 is 54.6 Å². The predicted octanol–water partition coefficient (Wildman–Crippen LogP) is 9.10. The minimum atomic E-state index is -4.51. The van der Waals surface area contributed by atoms with Gasteiger partial charge in [0.05, 0.1) is 77.9 Å². The summed E-state index contributed by atoms with van der Waals surface area (Å²) in [5.41, 5.74) is 7.08. The molecule has 0 saturated carbocycles. The number of benzene rings is 2. The molecule has 21 nitrogen and oxygen atoms in total. The van der Waals surface area contributed by atoms with E-state index in [0.717, 1.165) is 75.3 Å². The fraction of sp³-hybridized carbons (Fsp3) is 0.453. The first-order valence-corrected chi connectivity index (χ1v) is 25.9. The maximum Gasteiger partial charge on any atom is 0.416 e. The topological polar surface area (TPSA) is 235 Å². The summed E-state index contributed by atoms with van der Waals surface area (Å²) >= 11 is 0. The minimum Gasteiger partial charge on any atom is -0.474 e. The van der Waals surface area contributed by atoms with Crippen LogP contribution >= 0.6 is 54.0 Å². The molecular weight excluding hydrogens is 1190 g/mol. The van der Waals surface area contributed by atoms with Gasteiger partial charge in [-0.15, -0.1) is 10.2 Å². The molecular formula is C53H66F6N14O7S4. The number of hydrogen-bond donors (Lipinski definition) is 3. The quantitative estimate of drug-likeness (QED) is 0.114. The molecule has 12 rings (SSSR count). The summed E-state index contributed by atoms with van der Waals surface area (Å²) in [7, 11) is 0. The van der Waals surface area contributed by atoms with Crippen LogP contribution in [0.15, 0.2) is 85.5 Å². The number of urea groups is 1. The fourth-order valence-corrected chi connectivity index (χ4v) is 9.90. The van der Waals surface area contributed by atoms with Gasteiger partial charge >= 0.3 is 18.4 Å². The summed E-state index contributed by atoms with van der Waals surface area (Å²) in [5.74, 6) is 0.833. The minimum absolute atomic E-state index is 0. The number of anilines is 6. The number of carbonyl (C=O) groups is 1. The maximum absolute atomic E-state index is 13.7. The van der Waals surface area contributed by atoms with Crippen molar-refractivity contribution in [2.75, 3.05) is 83.7 Å². The maximum atomic E-state index is 13.7. The molecule has 6 aromatic rings. The van der Waals surface area contributed by atoms with Crippen LogP contribution in [0.5, 0.6) is 11.8 Å². The van der Waals surface area contributed by atoms with Crippen LogP contribution in [0.3, 0.4) is 0 Å². The molecule has 2 aromatic carbocycles. The van der Waals surface area contributed by atoms with E-state index >= 15 is 0 Å². The lowest BCUT2D eigenvalue weighted by atomic mass is 10.0. The van der Waals surface area contributed by atoms with Gasteiger partial charge in [-0.1, -0.05) is 24.3 Å². The van der Waals surface area contributed by atoms with Crippen LogP contribution in [0.25, 0.3) is 22.8 Å². The van der Waals surface area contributed by atoms with Crippen LogP contribution in [0.1, 0.15) is 64.5 Å². The molecule has 4 fully saturated rings. The van der Waals surface area contributed by atoms with E-state index in [2.05, 4.69) is 60.8 Å². The molecule has 4 N–H and O–H groups in total. The third kappa shape index (κ3) is 16.5. The number of nitrogens with zero attached hydrogens (tertiary/aromatic N) is 11. The van der Waals surface area contributed by atoms with Gasteiger partial charge in [0.1, 0.15) is 25.4 Å². The standard InChI is InChI=1S/C27H28F3N7O4.C16H15F3N4.C10H15N3O3.4H2S/c1-26(2)40-15-20(41-26)14-39-22-10-18(11-32-35-22)33-25(38)37-19-7-4-8-36(13-19)21-12-31-23(34-24(21)37)16-5-3-6-17(9-16)27(28,29)30;17-16(18,19)11-4-1-3-10(7-11)14-20-8-13-15(22-14)21-12-5-2-6-23(13)9-12;1-10(2)15-6-8(16-10)5-14-9-3-7(11)4-12-13-9;;;;/h3,5-6,9-12,19-20H,4,7-8,13-15H2,1-2H3,(H,33,35,38);1,3-4,7-8,12H,2,5-6,9H2,(H,20,21,22);3-4,8H,5-6H2,1-2H3,(H2,11,13);4*1H2/t19-,20-;12-;8-;;;;/m000..../s1. The Morgan fingerprint density at radius 2 is 1.24 bits per heavy atom. The van der Waals surface area contributed by atoms with Gasteiger partial charge in [0.25, 0.3) is 0 Å². The van der Waals surface area contributed by atoms with E-state index in [4.69, 9.17) is 34.2 Å². The first-order valence-electron chi connectivity index (χ1n) is 25.9. The fourth-order valence-electron chi connectivity index (χ4n) is 9.90. The van der Waals surface area contributed by atoms with Crippen molar-refractivity contribution in [2.45, 2.75) is 102 Å². The molecule has 4 bridgehead atoms. The van der Waals surface area contributed by atoms with Gasteiger partial charge in [-0.05, 0) is 77.6 Å². The molecule has 2 amide bonds. The molecule has 6 aliphatic heterocycles. The van der Waals surface area contributed by atoms with Crippen molar-refractivity contribution in [3.05, 3.63) is 96.6 Å². The van der Waals surface area contributed by atoms with Crippen LogP contribution < -0.4 is 40.5 Å². The highest BCUT2D eigenvalue weighted by Gasteiger charge is 2.40. The zero-order chi connectivity index (χ0) is 56.4. The molecule has 31 heteroatoms. The van der Waals surface area contributed by atoms with Crippen molar-refractivity contribution in [1.29, 1.82) is 0 Å². The lowest BCUT2D eigenvalue weighted by Gasteiger charge is -2.45. The Kier molecular flexibility index (Phi) is 22.1. The van der Waals surface area contributed by atoms with Gasteiger partial charge in [0.15, 0.2) is 34.9 Å². The normalized spacial score (nSPS) is 20.3. The van der Waals surface area contributed by atoms with E-state index in [1.165, 1.54) is 30.6 Å². The van der Waals surface area contributed by atoms with Crippen molar-refractivity contribution in [3.63, 3.8) is 0 Å². The molecule has 0 unspecified atom stereocenters. The van der Waals surface area contributed by atoms with Gasteiger partial charge in [-0.3, -0.25) is 4.90 Å². The average molecular weight is 1250 g/mol. The van der Waals surface area contributed by atoms with E-state index < -0.39 is 41.1 Å². The van der Waals surface area contributed by atoms with Crippen molar-refractivity contribution < 1.29 is 59.6 Å². The molecule has 0 aliphatic carbocycles. The van der Waals surface area contributed by atoms with Crippen molar-refractivity contribution >= 4 is 94.4 Å². The Bertz CT molecular complexity index is 3200. The predicted molar refractivity (Wildman–Crippen MR) is 321 cm³/mol. The molecule has 4 aromatic heterocycles. The van der Waals surface area contributed by atoms with Crippen LogP contribution in [-0.4, -0.2) is 135 Å². The smallest absolute Gasteiger partial charge is 0.416 e. The SMILES string of the molecule is CC1(C)OC[C@H](COc2cc(N)cnn2)O1.CC1(C)OC[C@H](COc2cc(NC(=O)N3c4nc(-c5cccc(C(F)(F)F)c5)ncc4N4CCC[C@H]3C4)cnn2)O1.FC(F)(F)c1cccc(-c2ncc3c(n2)N[C@H]2CCCN3C2)c1.S.S.S.S. The third-order valence-corrected chi connectivity index (χ3v) is 13.6. The van der Waals surface area contributed by atoms with Crippen LogP contribution in [0.2, 0.25) is 0 Å². The number of carbonyl (C=O) groups excluding carboxylic acids is 1. The van der Waals surface area contributed by atoms with E-state index in [-0.39, 0.29) is 96.1 Å². The molecule has 4 saturated heterocycles. The second-order valence-corrected chi connectivity index (χ2v) is 20.6. The van der Waals surface area contributed by atoms with Crippen molar-refractivity contribution in [2.24, 2.45) is 0 Å². The Morgan fingerprint density at radius 1 is 0.702 bits per heavy atom. The molecule has 6 aliphatic rings. The Hall–Kier alpha value is -6.35.